The molecule has 1 aromatic heterocycles. The van der Waals surface area contributed by atoms with Crippen LogP contribution in [0.2, 0.25) is 5.02 Å². The van der Waals surface area contributed by atoms with E-state index in [4.69, 9.17) is 11.6 Å². The average molecular weight is 443 g/mol. The zero-order valence-electron chi connectivity index (χ0n) is 15.1. The lowest BCUT2D eigenvalue weighted by atomic mass is 10.0. The fourth-order valence-corrected chi connectivity index (χ4v) is 4.91. The highest BCUT2D eigenvalue weighted by Gasteiger charge is 2.32. The summed E-state index contributed by atoms with van der Waals surface area (Å²) in [4.78, 5) is 2.73. The summed E-state index contributed by atoms with van der Waals surface area (Å²) >= 11 is 5.86. The molecule has 3 rings (SSSR count). The van der Waals surface area contributed by atoms with E-state index in [-0.39, 0.29) is 0 Å². The molecule has 0 fully saturated rings. The number of rotatable bonds is 7. The monoisotopic (exact) mass is 442 g/mol. The Kier molecular flexibility index (Phi) is 6.07. The molecule has 2 N–H and O–H groups in total. The summed E-state index contributed by atoms with van der Waals surface area (Å²) in [6.45, 7) is 3.66. The van der Waals surface area contributed by atoms with Gasteiger partial charge in [0, 0.05) is 23.1 Å². The standard InChI is InChI=1S/C20H18ClF3N2O2S/c1-2-5-15(10-13-12-25-18-7-4-3-6-16(13)18)26-29(27,28)19-9-8-14(11-17(19)21)20(22,23)24/h2-4,6-9,11-12,15,25-26H,1,5,10H2/t15-/m0/s1. The van der Waals surface area contributed by atoms with Gasteiger partial charge in [0.1, 0.15) is 4.90 Å². The Hall–Kier alpha value is -2.29. The Morgan fingerprint density at radius 2 is 1.93 bits per heavy atom. The van der Waals surface area contributed by atoms with Crippen LogP contribution in [-0.2, 0) is 22.6 Å². The van der Waals surface area contributed by atoms with Crippen LogP contribution in [-0.4, -0.2) is 19.4 Å². The number of sulfonamides is 1. The fourth-order valence-electron chi connectivity index (χ4n) is 3.12. The number of para-hydroxylation sites is 1. The second-order valence-electron chi connectivity index (χ2n) is 6.55. The van der Waals surface area contributed by atoms with Crippen LogP contribution in [0.5, 0.6) is 0 Å². The molecule has 1 atom stereocenters. The van der Waals surface area contributed by atoms with E-state index in [1.54, 1.807) is 12.3 Å². The van der Waals surface area contributed by atoms with Gasteiger partial charge in [0.25, 0.3) is 0 Å². The molecular weight excluding hydrogens is 425 g/mol. The van der Waals surface area contributed by atoms with E-state index in [0.29, 0.717) is 25.0 Å². The first-order valence-electron chi connectivity index (χ1n) is 8.67. The first-order chi connectivity index (χ1) is 13.6. The van der Waals surface area contributed by atoms with Crippen molar-refractivity contribution in [1.82, 2.24) is 9.71 Å². The van der Waals surface area contributed by atoms with Gasteiger partial charge in [-0.2, -0.15) is 13.2 Å². The van der Waals surface area contributed by atoms with E-state index in [9.17, 15) is 21.6 Å². The average Bonchev–Trinajstić information content (AvgIpc) is 3.03. The summed E-state index contributed by atoms with van der Waals surface area (Å²) in [5, 5.41) is 0.477. The fraction of sp³-hybridized carbons (Fsp3) is 0.200. The van der Waals surface area contributed by atoms with Crippen molar-refractivity contribution in [3.8, 4) is 0 Å². The first-order valence-corrected chi connectivity index (χ1v) is 10.5. The van der Waals surface area contributed by atoms with Crippen LogP contribution in [0.1, 0.15) is 17.5 Å². The Morgan fingerprint density at radius 3 is 2.59 bits per heavy atom. The smallest absolute Gasteiger partial charge is 0.361 e. The van der Waals surface area contributed by atoms with Gasteiger partial charge in [-0.25, -0.2) is 13.1 Å². The van der Waals surface area contributed by atoms with Gasteiger partial charge in [-0.15, -0.1) is 6.58 Å². The molecule has 3 aromatic rings. The lowest BCUT2D eigenvalue weighted by molar-refractivity contribution is -0.137. The maximum absolute atomic E-state index is 12.8. The lowest BCUT2D eigenvalue weighted by Gasteiger charge is -2.18. The largest absolute Gasteiger partial charge is 0.416 e. The predicted octanol–water partition coefficient (Wildman–Crippen LogP) is 5.31. The molecule has 0 aliphatic rings. The van der Waals surface area contributed by atoms with E-state index < -0.39 is 37.7 Å². The van der Waals surface area contributed by atoms with Crippen LogP contribution in [0, 0.1) is 0 Å². The Bertz CT molecular complexity index is 1140. The number of H-pyrrole nitrogens is 1. The van der Waals surface area contributed by atoms with E-state index in [1.165, 1.54) is 0 Å². The number of aromatic amines is 1. The van der Waals surface area contributed by atoms with Crippen LogP contribution in [0.4, 0.5) is 13.2 Å². The predicted molar refractivity (Wildman–Crippen MR) is 107 cm³/mol. The van der Waals surface area contributed by atoms with E-state index in [2.05, 4.69) is 16.3 Å². The molecule has 1 heterocycles. The first kappa shape index (κ1) is 21.4. The number of alkyl halides is 3. The highest BCUT2D eigenvalue weighted by molar-refractivity contribution is 7.89. The highest BCUT2D eigenvalue weighted by Crippen LogP contribution is 2.33. The molecule has 0 spiro atoms. The molecule has 0 saturated heterocycles. The number of nitrogens with one attached hydrogen (secondary N) is 2. The van der Waals surface area contributed by atoms with Crippen molar-refractivity contribution in [1.29, 1.82) is 0 Å². The van der Waals surface area contributed by atoms with Gasteiger partial charge in [-0.1, -0.05) is 35.9 Å². The third kappa shape index (κ3) is 4.83. The zero-order chi connectivity index (χ0) is 21.2. The molecule has 4 nitrogen and oxygen atoms in total. The third-order valence-corrected chi connectivity index (χ3v) is 6.47. The Morgan fingerprint density at radius 1 is 1.21 bits per heavy atom. The summed E-state index contributed by atoms with van der Waals surface area (Å²) in [6, 6.07) is 9.23. The molecule has 29 heavy (non-hydrogen) atoms. The summed E-state index contributed by atoms with van der Waals surface area (Å²) in [7, 11) is -4.14. The molecule has 0 unspecified atom stereocenters. The number of halogens is 4. The van der Waals surface area contributed by atoms with Crippen LogP contribution in [0.15, 0.2) is 66.2 Å². The minimum Gasteiger partial charge on any atom is -0.361 e. The van der Waals surface area contributed by atoms with Gasteiger partial charge in [-0.05, 0) is 42.7 Å². The molecule has 0 aliphatic carbocycles. The van der Waals surface area contributed by atoms with Crippen LogP contribution in [0.25, 0.3) is 10.9 Å². The van der Waals surface area contributed by atoms with E-state index >= 15 is 0 Å². The van der Waals surface area contributed by atoms with Gasteiger partial charge in [-0.3, -0.25) is 0 Å². The minimum atomic E-state index is -4.61. The third-order valence-electron chi connectivity index (χ3n) is 4.46. The lowest BCUT2D eigenvalue weighted by Crippen LogP contribution is -2.36. The Labute approximate surface area is 171 Å². The van der Waals surface area contributed by atoms with Crippen molar-refractivity contribution >= 4 is 32.5 Å². The number of hydrogen-bond donors (Lipinski definition) is 2. The number of benzene rings is 2. The van der Waals surface area contributed by atoms with Gasteiger partial charge < -0.3 is 4.98 Å². The van der Waals surface area contributed by atoms with Gasteiger partial charge in [0.15, 0.2) is 0 Å². The van der Waals surface area contributed by atoms with Gasteiger partial charge in [0.05, 0.1) is 10.6 Å². The molecule has 154 valence electrons. The van der Waals surface area contributed by atoms with Crippen LogP contribution >= 0.6 is 11.6 Å². The van der Waals surface area contributed by atoms with E-state index in [1.807, 2.05) is 24.3 Å². The van der Waals surface area contributed by atoms with Crippen molar-refractivity contribution in [2.75, 3.05) is 0 Å². The molecule has 0 amide bonds. The molecular formula is C20H18ClF3N2O2S. The van der Waals surface area contributed by atoms with Gasteiger partial charge >= 0.3 is 6.18 Å². The number of aromatic nitrogens is 1. The molecule has 0 radical (unpaired) electrons. The second-order valence-corrected chi connectivity index (χ2v) is 8.64. The quantitative estimate of drug-likeness (QED) is 0.487. The maximum atomic E-state index is 12.8. The van der Waals surface area contributed by atoms with E-state index in [0.717, 1.165) is 22.5 Å². The molecule has 9 heteroatoms. The molecule has 0 aliphatic heterocycles. The van der Waals surface area contributed by atoms with Crippen molar-refractivity contribution in [3.63, 3.8) is 0 Å². The number of hydrogen-bond acceptors (Lipinski definition) is 2. The maximum Gasteiger partial charge on any atom is 0.416 e. The van der Waals surface area contributed by atoms with Gasteiger partial charge in [0.2, 0.25) is 10.0 Å². The molecule has 2 aromatic carbocycles. The second kappa shape index (κ2) is 8.22. The molecule has 0 bridgehead atoms. The van der Waals surface area contributed by atoms with Crippen molar-refractivity contribution in [2.45, 2.75) is 30.0 Å². The van der Waals surface area contributed by atoms with Crippen molar-refractivity contribution in [2.24, 2.45) is 0 Å². The number of fused-ring (bicyclic) bond motifs is 1. The van der Waals surface area contributed by atoms with Crippen molar-refractivity contribution < 1.29 is 21.6 Å². The summed E-state index contributed by atoms with van der Waals surface area (Å²) < 4.78 is 66.5. The summed E-state index contributed by atoms with van der Waals surface area (Å²) in [5.74, 6) is 0. The van der Waals surface area contributed by atoms with Crippen LogP contribution < -0.4 is 4.72 Å². The topological polar surface area (TPSA) is 62.0 Å². The Balaban J connectivity index is 1.87. The molecule has 0 saturated carbocycles. The zero-order valence-corrected chi connectivity index (χ0v) is 16.7. The summed E-state index contributed by atoms with van der Waals surface area (Å²) in [5.41, 5.74) is 0.824. The summed E-state index contributed by atoms with van der Waals surface area (Å²) in [6.07, 6.45) is -0.527. The normalized spacial score (nSPS) is 13.5. The minimum absolute atomic E-state index is 0.330. The van der Waals surface area contributed by atoms with Crippen molar-refractivity contribution in [3.05, 3.63) is 77.5 Å². The highest BCUT2D eigenvalue weighted by atomic mass is 35.5. The van der Waals surface area contributed by atoms with Crippen LogP contribution in [0.3, 0.4) is 0 Å². The SMILES string of the molecule is C=CC[C@@H](Cc1c[nH]c2ccccc12)NS(=O)(=O)c1ccc(C(F)(F)F)cc1Cl.